The zero-order valence-corrected chi connectivity index (χ0v) is 20.1. The summed E-state index contributed by atoms with van der Waals surface area (Å²) in [6.07, 6.45) is -1.82. The molecule has 0 spiro atoms. The summed E-state index contributed by atoms with van der Waals surface area (Å²) in [5, 5.41) is 16.4. The Morgan fingerprint density at radius 3 is 2.65 bits per heavy atom. The maximum atomic E-state index is 13.4. The van der Waals surface area contributed by atoms with Crippen molar-refractivity contribution in [2.45, 2.75) is 43.9 Å². The molecule has 4 rings (SSSR count). The molecule has 2 N–H and O–H groups in total. The number of fused-ring (bicyclic) bond motifs is 1. The number of nitriles is 1. The summed E-state index contributed by atoms with van der Waals surface area (Å²) >= 11 is 9.40. The van der Waals surface area contributed by atoms with E-state index in [9.17, 15) is 23.2 Å². The summed E-state index contributed by atoms with van der Waals surface area (Å²) in [6.45, 7) is 0. The maximum absolute atomic E-state index is 13.4. The molecule has 3 aromatic rings. The van der Waals surface area contributed by atoms with E-state index < -0.39 is 11.9 Å². The molecule has 1 amide bonds. The molecule has 0 bridgehead atoms. The van der Waals surface area contributed by atoms with Crippen LogP contribution in [0.3, 0.4) is 0 Å². The molecule has 1 aliphatic rings. The number of nitrogens with one attached hydrogen (secondary N) is 2. The Labute approximate surface area is 207 Å². The van der Waals surface area contributed by atoms with E-state index in [2.05, 4.69) is 31.5 Å². The van der Waals surface area contributed by atoms with Gasteiger partial charge in [-0.05, 0) is 68.1 Å². The van der Waals surface area contributed by atoms with Crippen LogP contribution in [0.1, 0.15) is 47.3 Å². The number of carbonyl (C=O) groups excluding carboxylic acids is 1. The van der Waals surface area contributed by atoms with Gasteiger partial charge in [0.25, 0.3) is 5.91 Å². The number of aromatic nitrogens is 1. The standard InChI is InChI=1S/C24H19BrClF3N4O/c25-14-5-4-13(12-30)18(8-14)23(34)32-17-3-1-2-16(10-17)31-21-11-22(24(27,28)29)33-20-7-6-15(26)9-19(20)21/h4-9,11,16-17H,1-3,10H2,(H,31,33)(H,32,34)/t16-,17+/m0/s1. The van der Waals surface area contributed by atoms with Crippen molar-refractivity contribution >= 4 is 50.0 Å². The minimum atomic E-state index is -4.59. The Morgan fingerprint density at radius 1 is 1.15 bits per heavy atom. The van der Waals surface area contributed by atoms with Crippen LogP contribution in [0.25, 0.3) is 10.9 Å². The zero-order valence-electron chi connectivity index (χ0n) is 17.7. The summed E-state index contributed by atoms with van der Waals surface area (Å²) in [5.41, 5.74) is 0.0587. The fourth-order valence-corrected chi connectivity index (χ4v) is 4.73. The van der Waals surface area contributed by atoms with Gasteiger partial charge in [0.05, 0.1) is 22.7 Å². The van der Waals surface area contributed by atoms with Gasteiger partial charge in [-0.25, -0.2) is 4.98 Å². The predicted octanol–water partition coefficient (Wildman–Crippen LogP) is 6.69. The highest BCUT2D eigenvalue weighted by molar-refractivity contribution is 9.10. The molecule has 2 aromatic carbocycles. The Hall–Kier alpha value is -2.83. The summed E-state index contributed by atoms with van der Waals surface area (Å²) in [6, 6.07) is 12.1. The minimum Gasteiger partial charge on any atom is -0.382 e. The number of rotatable bonds is 4. The van der Waals surface area contributed by atoms with Gasteiger partial charge in [0.15, 0.2) is 0 Å². The third-order valence-corrected chi connectivity index (χ3v) is 6.51. The lowest BCUT2D eigenvalue weighted by molar-refractivity contribution is -0.140. The smallest absolute Gasteiger partial charge is 0.382 e. The van der Waals surface area contributed by atoms with Crippen LogP contribution in [0.2, 0.25) is 5.02 Å². The van der Waals surface area contributed by atoms with Crippen LogP contribution in [-0.4, -0.2) is 23.0 Å². The fraction of sp³-hybridized carbons (Fsp3) is 0.292. The fourth-order valence-electron chi connectivity index (χ4n) is 4.20. The lowest BCUT2D eigenvalue weighted by atomic mass is 9.90. The van der Waals surface area contributed by atoms with E-state index in [-0.39, 0.29) is 34.6 Å². The van der Waals surface area contributed by atoms with Gasteiger partial charge in [0.1, 0.15) is 5.69 Å². The molecule has 1 aliphatic carbocycles. The Morgan fingerprint density at radius 2 is 1.91 bits per heavy atom. The molecular formula is C24H19BrClF3N4O. The average Bonchev–Trinajstić information content (AvgIpc) is 2.78. The molecule has 0 radical (unpaired) electrons. The van der Waals surface area contributed by atoms with Gasteiger partial charge in [0.2, 0.25) is 0 Å². The van der Waals surface area contributed by atoms with Gasteiger partial charge in [-0.2, -0.15) is 18.4 Å². The Bertz CT molecular complexity index is 1290. The van der Waals surface area contributed by atoms with E-state index in [1.165, 1.54) is 12.1 Å². The number of amides is 1. The number of nitrogens with zero attached hydrogens (tertiary/aromatic N) is 2. The van der Waals surface area contributed by atoms with Crippen molar-refractivity contribution in [2.75, 3.05) is 5.32 Å². The normalized spacial score (nSPS) is 18.4. The molecule has 1 saturated carbocycles. The van der Waals surface area contributed by atoms with Gasteiger partial charge < -0.3 is 10.6 Å². The third-order valence-electron chi connectivity index (χ3n) is 5.78. The number of anilines is 1. The number of alkyl halides is 3. The first-order valence-corrected chi connectivity index (χ1v) is 11.8. The van der Waals surface area contributed by atoms with Crippen molar-refractivity contribution in [2.24, 2.45) is 0 Å². The number of hydrogen-bond donors (Lipinski definition) is 2. The van der Waals surface area contributed by atoms with E-state index in [4.69, 9.17) is 11.6 Å². The molecule has 34 heavy (non-hydrogen) atoms. The Kier molecular flexibility index (Phi) is 7.01. The largest absolute Gasteiger partial charge is 0.433 e. The Balaban J connectivity index is 1.55. The van der Waals surface area contributed by atoms with Crippen molar-refractivity contribution in [3.05, 3.63) is 68.8 Å². The first-order chi connectivity index (χ1) is 16.1. The minimum absolute atomic E-state index is 0.164. The third kappa shape index (κ3) is 5.45. The van der Waals surface area contributed by atoms with Crippen molar-refractivity contribution in [1.29, 1.82) is 5.26 Å². The van der Waals surface area contributed by atoms with E-state index in [0.29, 0.717) is 27.0 Å². The zero-order chi connectivity index (χ0) is 24.5. The van der Waals surface area contributed by atoms with Crippen LogP contribution in [0.5, 0.6) is 0 Å². The number of halogens is 5. The van der Waals surface area contributed by atoms with Gasteiger partial charge in [-0.3, -0.25) is 4.79 Å². The summed E-state index contributed by atoms with van der Waals surface area (Å²) in [7, 11) is 0. The van der Waals surface area contributed by atoms with Gasteiger partial charge in [-0.1, -0.05) is 27.5 Å². The van der Waals surface area contributed by atoms with E-state index >= 15 is 0 Å². The molecule has 1 aromatic heterocycles. The van der Waals surface area contributed by atoms with Crippen molar-refractivity contribution in [3.8, 4) is 6.07 Å². The number of benzene rings is 2. The predicted molar refractivity (Wildman–Crippen MR) is 128 cm³/mol. The molecule has 10 heteroatoms. The van der Waals surface area contributed by atoms with Crippen LogP contribution in [0.15, 0.2) is 46.9 Å². The van der Waals surface area contributed by atoms with Crippen molar-refractivity contribution < 1.29 is 18.0 Å². The first kappa shape index (κ1) is 24.3. The lowest BCUT2D eigenvalue weighted by Gasteiger charge is -2.31. The molecule has 0 aliphatic heterocycles. The summed E-state index contributed by atoms with van der Waals surface area (Å²) in [5.74, 6) is -0.357. The molecule has 2 atom stereocenters. The summed E-state index contributed by atoms with van der Waals surface area (Å²) < 4.78 is 40.9. The second-order valence-corrected chi connectivity index (χ2v) is 9.55. The van der Waals surface area contributed by atoms with Crippen LogP contribution in [-0.2, 0) is 6.18 Å². The van der Waals surface area contributed by atoms with Crippen molar-refractivity contribution in [3.63, 3.8) is 0 Å². The highest BCUT2D eigenvalue weighted by atomic mass is 79.9. The molecule has 1 heterocycles. The molecule has 0 saturated heterocycles. The highest BCUT2D eigenvalue weighted by Gasteiger charge is 2.34. The molecule has 1 fully saturated rings. The maximum Gasteiger partial charge on any atom is 0.433 e. The summed E-state index contributed by atoms with van der Waals surface area (Å²) in [4.78, 5) is 16.6. The molecule has 176 valence electrons. The van der Waals surface area contributed by atoms with Crippen LogP contribution in [0.4, 0.5) is 18.9 Å². The molecule has 5 nitrogen and oxygen atoms in total. The number of pyridine rings is 1. The van der Waals surface area contributed by atoms with Crippen LogP contribution < -0.4 is 10.6 Å². The van der Waals surface area contributed by atoms with Gasteiger partial charge in [0, 0.05) is 32.7 Å². The topological polar surface area (TPSA) is 77.8 Å². The second kappa shape index (κ2) is 9.80. The number of hydrogen-bond acceptors (Lipinski definition) is 4. The monoisotopic (exact) mass is 550 g/mol. The highest BCUT2D eigenvalue weighted by Crippen LogP contribution is 2.35. The van der Waals surface area contributed by atoms with Crippen LogP contribution in [0, 0.1) is 11.3 Å². The molecular weight excluding hydrogens is 533 g/mol. The average molecular weight is 552 g/mol. The second-order valence-electron chi connectivity index (χ2n) is 8.19. The quantitative estimate of drug-likeness (QED) is 0.379. The van der Waals surface area contributed by atoms with E-state index in [1.54, 1.807) is 24.3 Å². The first-order valence-electron chi connectivity index (χ1n) is 10.6. The van der Waals surface area contributed by atoms with Crippen molar-refractivity contribution in [1.82, 2.24) is 10.3 Å². The molecule has 0 unspecified atom stereocenters. The SMILES string of the molecule is N#Cc1ccc(Br)cc1C(=O)N[C@@H]1CCC[C@H](Nc2cc(C(F)(F)F)nc3ccc(Cl)cc23)C1. The van der Waals surface area contributed by atoms with E-state index in [0.717, 1.165) is 25.3 Å². The number of carbonyl (C=O) groups is 1. The van der Waals surface area contributed by atoms with Gasteiger partial charge >= 0.3 is 6.18 Å². The van der Waals surface area contributed by atoms with E-state index in [1.807, 2.05) is 6.07 Å². The lowest BCUT2D eigenvalue weighted by Crippen LogP contribution is -2.42. The van der Waals surface area contributed by atoms with Gasteiger partial charge in [-0.15, -0.1) is 0 Å². The van der Waals surface area contributed by atoms with Crippen LogP contribution >= 0.6 is 27.5 Å².